The van der Waals surface area contributed by atoms with E-state index in [9.17, 15) is 0 Å². The van der Waals surface area contributed by atoms with Crippen LogP contribution in [0.5, 0.6) is 5.75 Å². The summed E-state index contributed by atoms with van der Waals surface area (Å²) >= 11 is 6.09. The average Bonchev–Trinajstić information content (AvgIpc) is 2.76. The summed E-state index contributed by atoms with van der Waals surface area (Å²) in [6, 6.07) is 14.1. The highest BCUT2D eigenvalue weighted by atomic mass is 35.5. The number of hydrogen-bond acceptors (Lipinski definition) is 4. The Bertz CT molecular complexity index is 945. The molecule has 138 valence electrons. The minimum absolute atomic E-state index is 0.408. The van der Waals surface area contributed by atoms with Gasteiger partial charge in [-0.05, 0) is 56.0 Å². The van der Waals surface area contributed by atoms with Gasteiger partial charge in [-0.3, -0.25) is 4.99 Å². The molecule has 2 aliphatic rings. The second-order valence-electron chi connectivity index (χ2n) is 7.06. The summed E-state index contributed by atoms with van der Waals surface area (Å²) in [5, 5.41) is 9.48. The number of nitrogens with zero attached hydrogens (tertiary/aromatic N) is 3. The van der Waals surface area contributed by atoms with E-state index in [-0.39, 0.29) is 0 Å². The van der Waals surface area contributed by atoms with Crippen molar-refractivity contribution < 1.29 is 4.74 Å². The third-order valence-corrected chi connectivity index (χ3v) is 5.47. The molecule has 0 N–H and O–H groups in total. The standard InChI is InChI=1S/C22H22ClN3O/c1-14-11-17-4-3-15-7-10-19(27-2)12-20(15)22(24-13-21(17)26-25-14)16-5-8-18(23)9-6-16/h5-10,12,17H,3-4,11,13H2,1-2H3. The predicted molar refractivity (Wildman–Crippen MR) is 112 cm³/mol. The van der Waals surface area contributed by atoms with E-state index in [4.69, 9.17) is 21.3 Å². The van der Waals surface area contributed by atoms with E-state index in [0.29, 0.717) is 12.5 Å². The smallest absolute Gasteiger partial charge is 0.119 e. The minimum Gasteiger partial charge on any atom is -0.497 e. The molecule has 1 unspecified atom stereocenters. The van der Waals surface area contributed by atoms with Gasteiger partial charge in [-0.2, -0.15) is 10.2 Å². The van der Waals surface area contributed by atoms with E-state index < -0.39 is 0 Å². The number of rotatable bonds is 2. The first-order valence-corrected chi connectivity index (χ1v) is 9.59. The molecule has 5 heteroatoms. The van der Waals surface area contributed by atoms with Gasteiger partial charge in [-0.1, -0.05) is 29.8 Å². The van der Waals surface area contributed by atoms with E-state index in [1.165, 1.54) is 5.56 Å². The number of hydrogen-bond donors (Lipinski definition) is 0. The number of methoxy groups -OCH3 is 1. The molecule has 0 amide bonds. The maximum atomic E-state index is 6.09. The largest absolute Gasteiger partial charge is 0.497 e. The summed E-state index contributed by atoms with van der Waals surface area (Å²) in [6.07, 6.45) is 2.99. The van der Waals surface area contributed by atoms with Gasteiger partial charge in [-0.15, -0.1) is 0 Å². The lowest BCUT2D eigenvalue weighted by Crippen LogP contribution is -2.23. The second-order valence-corrected chi connectivity index (χ2v) is 7.50. The fourth-order valence-corrected chi connectivity index (χ4v) is 3.85. The average molecular weight is 380 g/mol. The fourth-order valence-electron chi connectivity index (χ4n) is 3.73. The highest BCUT2D eigenvalue weighted by molar-refractivity contribution is 6.30. The molecule has 0 spiro atoms. The Morgan fingerprint density at radius 2 is 1.89 bits per heavy atom. The summed E-state index contributed by atoms with van der Waals surface area (Å²) in [7, 11) is 1.69. The molecule has 0 bridgehead atoms. The number of halogens is 1. The van der Waals surface area contributed by atoms with Crippen molar-refractivity contribution in [3.63, 3.8) is 0 Å². The zero-order valence-corrected chi connectivity index (χ0v) is 16.3. The summed E-state index contributed by atoms with van der Waals surface area (Å²) < 4.78 is 5.48. The zero-order chi connectivity index (χ0) is 18.8. The van der Waals surface area contributed by atoms with Crippen molar-refractivity contribution in [3.05, 3.63) is 64.2 Å². The molecule has 0 aliphatic carbocycles. The van der Waals surface area contributed by atoms with Crippen LogP contribution in [0.15, 0.2) is 57.7 Å². The molecule has 0 saturated heterocycles. The molecule has 0 radical (unpaired) electrons. The van der Waals surface area contributed by atoms with E-state index in [1.807, 2.05) is 37.3 Å². The van der Waals surface area contributed by atoms with E-state index in [1.54, 1.807) is 7.11 Å². The molecule has 2 aliphatic heterocycles. The summed E-state index contributed by atoms with van der Waals surface area (Å²) in [5.41, 5.74) is 6.57. The first-order chi connectivity index (χ1) is 13.1. The van der Waals surface area contributed by atoms with Crippen LogP contribution in [0.1, 0.15) is 36.5 Å². The van der Waals surface area contributed by atoms with E-state index >= 15 is 0 Å². The van der Waals surface area contributed by atoms with Gasteiger partial charge in [-0.25, -0.2) is 0 Å². The number of aliphatic imine (C=N–C) groups is 1. The first kappa shape index (κ1) is 17.9. The van der Waals surface area contributed by atoms with Gasteiger partial charge < -0.3 is 4.74 Å². The Morgan fingerprint density at radius 3 is 2.67 bits per heavy atom. The Kier molecular flexibility index (Phi) is 5.08. The van der Waals surface area contributed by atoms with Gasteiger partial charge in [0.15, 0.2) is 0 Å². The molecular formula is C22H22ClN3O. The summed E-state index contributed by atoms with van der Waals surface area (Å²) in [4.78, 5) is 4.99. The molecule has 0 fully saturated rings. The van der Waals surface area contributed by atoms with Crippen LogP contribution < -0.4 is 4.74 Å². The molecule has 0 saturated carbocycles. The number of benzene rings is 2. The van der Waals surface area contributed by atoms with Crippen LogP contribution in [0.3, 0.4) is 0 Å². The second kappa shape index (κ2) is 7.65. The van der Waals surface area contributed by atoms with Crippen LogP contribution in [0, 0.1) is 5.92 Å². The zero-order valence-electron chi connectivity index (χ0n) is 15.6. The van der Waals surface area contributed by atoms with Gasteiger partial charge in [0.1, 0.15) is 5.75 Å². The predicted octanol–water partition coefficient (Wildman–Crippen LogP) is 4.97. The lowest BCUT2D eigenvalue weighted by molar-refractivity contribution is 0.414. The van der Waals surface area contributed by atoms with Gasteiger partial charge in [0.25, 0.3) is 0 Å². The SMILES string of the molecule is COc1ccc2c(c1)C(c1ccc(Cl)cc1)=NCC1=NN=C(C)CC1CC2. The van der Waals surface area contributed by atoms with Gasteiger partial charge in [0, 0.05) is 27.8 Å². The van der Waals surface area contributed by atoms with Crippen LogP contribution >= 0.6 is 11.6 Å². The Balaban J connectivity index is 1.84. The molecular weight excluding hydrogens is 358 g/mol. The van der Waals surface area contributed by atoms with E-state index in [2.05, 4.69) is 22.3 Å². The van der Waals surface area contributed by atoms with Gasteiger partial charge in [0.05, 0.1) is 25.1 Å². The van der Waals surface area contributed by atoms with Crippen molar-refractivity contribution in [1.29, 1.82) is 0 Å². The lowest BCUT2D eigenvalue weighted by Gasteiger charge is -2.20. The molecule has 2 aromatic carbocycles. The van der Waals surface area contributed by atoms with Gasteiger partial charge in [0.2, 0.25) is 0 Å². The fraction of sp³-hybridized carbons (Fsp3) is 0.318. The quantitative estimate of drug-likeness (QED) is 0.726. The van der Waals surface area contributed by atoms with Crippen LogP contribution in [0.4, 0.5) is 0 Å². The number of aryl methyl sites for hydroxylation is 1. The topological polar surface area (TPSA) is 46.3 Å². The van der Waals surface area contributed by atoms with E-state index in [0.717, 1.165) is 58.3 Å². The van der Waals surface area contributed by atoms with Crippen molar-refractivity contribution in [3.8, 4) is 5.75 Å². The molecule has 1 atom stereocenters. The third-order valence-electron chi connectivity index (χ3n) is 5.21. The van der Waals surface area contributed by atoms with Crippen LogP contribution in [-0.4, -0.2) is 30.8 Å². The van der Waals surface area contributed by atoms with Crippen LogP contribution in [-0.2, 0) is 6.42 Å². The van der Waals surface area contributed by atoms with Crippen molar-refractivity contribution in [2.75, 3.05) is 13.7 Å². The molecule has 4 nitrogen and oxygen atoms in total. The normalized spacial score (nSPS) is 19.4. The van der Waals surface area contributed by atoms with Crippen molar-refractivity contribution >= 4 is 28.7 Å². The molecule has 2 aromatic rings. The molecule has 4 rings (SSSR count). The Labute approximate surface area is 164 Å². The first-order valence-electron chi connectivity index (χ1n) is 9.21. The highest BCUT2D eigenvalue weighted by Gasteiger charge is 2.24. The molecule has 0 aromatic heterocycles. The van der Waals surface area contributed by atoms with Crippen LogP contribution in [0.2, 0.25) is 5.02 Å². The summed E-state index contributed by atoms with van der Waals surface area (Å²) in [5.74, 6) is 1.24. The minimum atomic E-state index is 0.408. The maximum Gasteiger partial charge on any atom is 0.119 e. The Morgan fingerprint density at radius 1 is 1.07 bits per heavy atom. The van der Waals surface area contributed by atoms with Crippen molar-refractivity contribution in [2.45, 2.75) is 26.2 Å². The van der Waals surface area contributed by atoms with Crippen molar-refractivity contribution in [2.24, 2.45) is 21.1 Å². The van der Waals surface area contributed by atoms with Gasteiger partial charge >= 0.3 is 0 Å². The number of fused-ring (bicyclic) bond motifs is 2. The molecule has 27 heavy (non-hydrogen) atoms. The Hall–Kier alpha value is -2.46. The monoisotopic (exact) mass is 379 g/mol. The summed E-state index contributed by atoms with van der Waals surface area (Å²) in [6.45, 7) is 2.62. The maximum absolute atomic E-state index is 6.09. The lowest BCUT2D eigenvalue weighted by atomic mass is 9.88. The van der Waals surface area contributed by atoms with Crippen LogP contribution in [0.25, 0.3) is 0 Å². The van der Waals surface area contributed by atoms with Crippen molar-refractivity contribution in [1.82, 2.24) is 0 Å². The molecule has 2 heterocycles. The third kappa shape index (κ3) is 3.81. The number of ether oxygens (including phenoxy) is 1. The highest BCUT2D eigenvalue weighted by Crippen LogP contribution is 2.28.